The molecule has 1 saturated heterocycles. The lowest BCUT2D eigenvalue weighted by molar-refractivity contribution is 0.0926. The number of amides is 1. The molecule has 6 nitrogen and oxygen atoms in total. The van der Waals surface area contributed by atoms with Gasteiger partial charge in [-0.3, -0.25) is 14.7 Å². The van der Waals surface area contributed by atoms with Crippen LogP contribution in [0.4, 0.5) is 0 Å². The first kappa shape index (κ1) is 17.9. The second-order valence-electron chi connectivity index (χ2n) is 6.93. The Morgan fingerprint density at radius 3 is 3.04 bits per heavy atom. The van der Waals surface area contributed by atoms with Crippen LogP contribution in [0.15, 0.2) is 42.6 Å². The Hall–Kier alpha value is -2.44. The first-order valence-corrected chi connectivity index (χ1v) is 9.54. The quantitative estimate of drug-likeness (QED) is 0.735. The van der Waals surface area contributed by atoms with Crippen molar-refractivity contribution < 1.29 is 4.79 Å². The zero-order valence-electron chi connectivity index (χ0n) is 15.2. The average Bonchev–Trinajstić information content (AvgIpc) is 3.25. The smallest absolute Gasteiger partial charge is 0.287 e. The molecule has 1 aliphatic heterocycles. The first-order chi connectivity index (χ1) is 13.1. The van der Waals surface area contributed by atoms with E-state index in [9.17, 15) is 4.79 Å². The number of nitrogens with one attached hydrogen (secondary N) is 1. The van der Waals surface area contributed by atoms with Crippen molar-refractivity contribution in [2.24, 2.45) is 7.05 Å². The van der Waals surface area contributed by atoms with Crippen molar-refractivity contribution in [2.75, 3.05) is 13.1 Å². The second-order valence-corrected chi connectivity index (χ2v) is 7.36. The Morgan fingerprint density at radius 1 is 1.33 bits per heavy atom. The molecule has 0 radical (unpaired) electrons. The van der Waals surface area contributed by atoms with Crippen molar-refractivity contribution >= 4 is 28.5 Å². The molecule has 1 atom stereocenters. The van der Waals surface area contributed by atoms with Gasteiger partial charge >= 0.3 is 0 Å². The Labute approximate surface area is 163 Å². The summed E-state index contributed by atoms with van der Waals surface area (Å²) < 4.78 is 1.79. The molecule has 0 saturated carbocycles. The predicted molar refractivity (Wildman–Crippen MR) is 106 cm³/mol. The van der Waals surface area contributed by atoms with Crippen LogP contribution in [-0.2, 0) is 13.6 Å². The van der Waals surface area contributed by atoms with E-state index in [1.807, 2.05) is 43.6 Å². The minimum Gasteiger partial charge on any atom is -0.348 e. The van der Waals surface area contributed by atoms with Gasteiger partial charge in [0, 0.05) is 37.4 Å². The van der Waals surface area contributed by atoms with Crippen LogP contribution in [-0.4, -0.2) is 44.5 Å². The molecular weight excluding hydrogens is 362 g/mol. The number of hydrogen-bond donors (Lipinski definition) is 1. The van der Waals surface area contributed by atoms with E-state index in [1.165, 1.54) is 0 Å². The number of carbonyl (C=O) groups is 1. The van der Waals surface area contributed by atoms with Gasteiger partial charge in [0.05, 0.1) is 16.7 Å². The van der Waals surface area contributed by atoms with Crippen LogP contribution in [0.2, 0.25) is 5.02 Å². The summed E-state index contributed by atoms with van der Waals surface area (Å²) in [6.07, 6.45) is 4.03. The van der Waals surface area contributed by atoms with E-state index >= 15 is 0 Å². The predicted octanol–water partition coefficient (Wildman–Crippen LogP) is 3.02. The Morgan fingerprint density at radius 2 is 2.22 bits per heavy atom. The van der Waals surface area contributed by atoms with Gasteiger partial charge in [-0.2, -0.15) is 0 Å². The zero-order valence-corrected chi connectivity index (χ0v) is 16.0. The molecule has 7 heteroatoms. The number of pyridine rings is 1. The standard InChI is InChI=1S/C20H22ClN5O/c1-25-18-11-14(21)7-8-17(18)24-19(25)20(27)23-12-16-6-4-10-26(16)13-15-5-2-3-9-22-15/h2-3,5,7-9,11,16H,4,6,10,12-13H2,1H3,(H,23,27). The number of nitrogens with zero attached hydrogens (tertiary/aromatic N) is 4. The molecule has 1 unspecified atom stereocenters. The highest BCUT2D eigenvalue weighted by molar-refractivity contribution is 6.31. The maximum atomic E-state index is 12.7. The van der Waals surface area contributed by atoms with Crippen molar-refractivity contribution in [1.29, 1.82) is 0 Å². The molecule has 2 aromatic heterocycles. The molecular formula is C20H22ClN5O. The van der Waals surface area contributed by atoms with E-state index < -0.39 is 0 Å². The van der Waals surface area contributed by atoms with E-state index in [0.29, 0.717) is 23.4 Å². The second kappa shape index (κ2) is 7.66. The maximum absolute atomic E-state index is 12.7. The van der Waals surface area contributed by atoms with E-state index in [1.54, 1.807) is 10.6 Å². The van der Waals surface area contributed by atoms with Crippen LogP contribution in [0.3, 0.4) is 0 Å². The molecule has 1 aromatic carbocycles. The van der Waals surface area contributed by atoms with Gasteiger partial charge in [0.15, 0.2) is 5.82 Å². The summed E-state index contributed by atoms with van der Waals surface area (Å²) in [4.78, 5) is 23.9. The van der Waals surface area contributed by atoms with Crippen LogP contribution in [0.25, 0.3) is 11.0 Å². The number of benzene rings is 1. The van der Waals surface area contributed by atoms with Crippen molar-refractivity contribution in [3.05, 3.63) is 59.1 Å². The fourth-order valence-electron chi connectivity index (χ4n) is 3.69. The van der Waals surface area contributed by atoms with Crippen LogP contribution in [0.5, 0.6) is 0 Å². The number of aryl methyl sites for hydroxylation is 1. The van der Waals surface area contributed by atoms with E-state index in [-0.39, 0.29) is 5.91 Å². The lowest BCUT2D eigenvalue weighted by Crippen LogP contribution is -2.40. The number of halogens is 1. The van der Waals surface area contributed by atoms with Crippen LogP contribution in [0, 0.1) is 0 Å². The van der Waals surface area contributed by atoms with Crippen LogP contribution >= 0.6 is 11.6 Å². The number of hydrogen-bond acceptors (Lipinski definition) is 4. The normalized spacial score (nSPS) is 17.5. The fraction of sp³-hybridized carbons (Fsp3) is 0.350. The Balaban J connectivity index is 1.42. The van der Waals surface area contributed by atoms with Gasteiger partial charge in [-0.05, 0) is 49.7 Å². The Bertz CT molecular complexity index is 956. The van der Waals surface area contributed by atoms with Crippen molar-refractivity contribution in [3.8, 4) is 0 Å². The maximum Gasteiger partial charge on any atom is 0.287 e. The summed E-state index contributed by atoms with van der Waals surface area (Å²) in [6.45, 7) is 2.45. The van der Waals surface area contributed by atoms with Gasteiger partial charge in [0.25, 0.3) is 5.91 Å². The molecule has 3 heterocycles. The number of likely N-dealkylation sites (tertiary alicyclic amines) is 1. The van der Waals surface area contributed by atoms with Gasteiger partial charge in [-0.25, -0.2) is 4.98 Å². The molecule has 1 N–H and O–H groups in total. The number of imidazole rings is 1. The number of fused-ring (bicyclic) bond motifs is 1. The topological polar surface area (TPSA) is 63.1 Å². The molecule has 140 valence electrons. The molecule has 1 amide bonds. The minimum absolute atomic E-state index is 0.158. The number of aromatic nitrogens is 3. The highest BCUT2D eigenvalue weighted by Gasteiger charge is 2.26. The minimum atomic E-state index is -0.158. The average molecular weight is 384 g/mol. The van der Waals surface area contributed by atoms with Gasteiger partial charge in [0.2, 0.25) is 0 Å². The Kier molecular flexibility index (Phi) is 5.09. The van der Waals surface area contributed by atoms with Crippen LogP contribution < -0.4 is 5.32 Å². The summed E-state index contributed by atoms with van der Waals surface area (Å²) >= 11 is 6.06. The third kappa shape index (κ3) is 3.82. The monoisotopic (exact) mass is 383 g/mol. The lowest BCUT2D eigenvalue weighted by Gasteiger charge is -2.24. The molecule has 0 bridgehead atoms. The molecule has 4 rings (SSSR count). The van der Waals surface area contributed by atoms with Crippen molar-refractivity contribution in [2.45, 2.75) is 25.4 Å². The third-order valence-electron chi connectivity index (χ3n) is 5.13. The first-order valence-electron chi connectivity index (χ1n) is 9.16. The summed E-state index contributed by atoms with van der Waals surface area (Å²) in [5.74, 6) is 0.246. The number of rotatable bonds is 5. The summed E-state index contributed by atoms with van der Waals surface area (Å²) in [6, 6.07) is 11.7. The van der Waals surface area contributed by atoms with Crippen LogP contribution in [0.1, 0.15) is 29.2 Å². The van der Waals surface area contributed by atoms with Gasteiger partial charge in [0.1, 0.15) is 0 Å². The highest BCUT2D eigenvalue weighted by Crippen LogP contribution is 2.21. The molecule has 3 aromatic rings. The SMILES string of the molecule is Cn1c(C(=O)NCC2CCCN2Cc2ccccn2)nc2ccc(Cl)cc21. The summed E-state index contributed by atoms with van der Waals surface area (Å²) in [7, 11) is 1.84. The molecule has 0 spiro atoms. The fourth-order valence-corrected chi connectivity index (χ4v) is 3.86. The molecule has 1 fully saturated rings. The number of carbonyl (C=O) groups excluding carboxylic acids is 1. The van der Waals surface area contributed by atoms with E-state index in [2.05, 4.69) is 20.2 Å². The zero-order chi connectivity index (χ0) is 18.8. The van der Waals surface area contributed by atoms with Gasteiger partial charge in [-0.15, -0.1) is 0 Å². The summed E-state index contributed by atoms with van der Waals surface area (Å²) in [5.41, 5.74) is 2.68. The van der Waals surface area contributed by atoms with E-state index in [0.717, 1.165) is 42.7 Å². The highest BCUT2D eigenvalue weighted by atomic mass is 35.5. The van der Waals surface area contributed by atoms with Crippen molar-refractivity contribution in [1.82, 2.24) is 24.8 Å². The van der Waals surface area contributed by atoms with Gasteiger partial charge in [-0.1, -0.05) is 17.7 Å². The third-order valence-corrected chi connectivity index (χ3v) is 5.37. The molecule has 1 aliphatic rings. The summed E-state index contributed by atoms with van der Waals surface area (Å²) in [5, 5.41) is 3.69. The van der Waals surface area contributed by atoms with Gasteiger partial charge < -0.3 is 9.88 Å². The molecule has 27 heavy (non-hydrogen) atoms. The van der Waals surface area contributed by atoms with E-state index in [4.69, 9.17) is 11.6 Å². The van der Waals surface area contributed by atoms with Crippen molar-refractivity contribution in [3.63, 3.8) is 0 Å². The lowest BCUT2D eigenvalue weighted by atomic mass is 10.2. The largest absolute Gasteiger partial charge is 0.348 e. The molecule has 0 aliphatic carbocycles.